The molecule has 0 bridgehead atoms. The summed E-state index contributed by atoms with van der Waals surface area (Å²) in [6, 6.07) is -0.341. The summed E-state index contributed by atoms with van der Waals surface area (Å²) in [6.45, 7) is 3.53. The molecule has 1 amide bonds. The molecule has 0 spiro atoms. The largest absolute Gasteiger partial charge is 0.343 e. The molecule has 13 heavy (non-hydrogen) atoms. The van der Waals surface area contributed by atoms with Crippen LogP contribution in [0.4, 0.5) is 0 Å². The molecule has 0 aliphatic heterocycles. The molecule has 0 aromatic rings. The molecular weight excluding hydrogens is 166 g/mol. The van der Waals surface area contributed by atoms with Gasteiger partial charge in [-0.05, 0) is 20.5 Å². The summed E-state index contributed by atoms with van der Waals surface area (Å²) in [5.41, 5.74) is 5.62. The van der Waals surface area contributed by atoms with Gasteiger partial charge in [-0.3, -0.25) is 4.79 Å². The van der Waals surface area contributed by atoms with Gasteiger partial charge < -0.3 is 15.5 Å². The average molecular weight is 187 g/mol. The lowest BCUT2D eigenvalue weighted by molar-refractivity contribution is -0.131. The van der Waals surface area contributed by atoms with E-state index in [1.54, 1.807) is 11.9 Å². The smallest absolute Gasteiger partial charge is 0.239 e. The Hall–Kier alpha value is -0.610. The Kier molecular flexibility index (Phi) is 5.66. The van der Waals surface area contributed by atoms with Crippen LogP contribution in [0.1, 0.15) is 13.3 Å². The second-order valence-corrected chi connectivity index (χ2v) is 3.58. The van der Waals surface area contributed by atoms with E-state index in [1.807, 2.05) is 25.9 Å². The normalized spacial score (nSPS) is 13.1. The van der Waals surface area contributed by atoms with Crippen molar-refractivity contribution in [3.8, 4) is 0 Å². The zero-order chi connectivity index (χ0) is 10.4. The van der Waals surface area contributed by atoms with Gasteiger partial charge in [-0.2, -0.15) is 0 Å². The number of rotatable bonds is 5. The number of nitrogens with two attached hydrogens (primary N) is 1. The lowest BCUT2D eigenvalue weighted by Crippen LogP contribution is -2.43. The van der Waals surface area contributed by atoms with Crippen molar-refractivity contribution in [2.75, 3.05) is 34.2 Å². The third-order valence-corrected chi connectivity index (χ3v) is 2.02. The number of likely N-dealkylation sites (N-methyl/N-ethyl adjacent to an activating group) is 2. The lowest BCUT2D eigenvalue weighted by Gasteiger charge is -2.22. The van der Waals surface area contributed by atoms with Gasteiger partial charge in [0.15, 0.2) is 0 Å². The minimum atomic E-state index is -0.341. The van der Waals surface area contributed by atoms with Crippen LogP contribution in [-0.2, 0) is 4.79 Å². The molecule has 4 heteroatoms. The number of hydrogen-bond donors (Lipinski definition) is 1. The molecule has 0 aromatic carbocycles. The molecule has 78 valence electrons. The molecule has 0 rings (SSSR count). The lowest BCUT2D eigenvalue weighted by atomic mass is 10.2. The average Bonchev–Trinajstić information content (AvgIpc) is 2.11. The fraction of sp³-hybridized carbons (Fsp3) is 0.889. The minimum absolute atomic E-state index is 0.0318. The second kappa shape index (κ2) is 5.94. The number of carbonyl (C=O) groups excluding carboxylic acids is 1. The van der Waals surface area contributed by atoms with Gasteiger partial charge in [0.1, 0.15) is 0 Å². The second-order valence-electron chi connectivity index (χ2n) is 3.58. The molecule has 0 saturated carbocycles. The van der Waals surface area contributed by atoms with Crippen molar-refractivity contribution in [3.05, 3.63) is 0 Å². The van der Waals surface area contributed by atoms with Crippen LogP contribution in [0.3, 0.4) is 0 Å². The van der Waals surface area contributed by atoms with Gasteiger partial charge in [0.05, 0.1) is 6.04 Å². The summed E-state index contributed by atoms with van der Waals surface area (Å²) < 4.78 is 0. The highest BCUT2D eigenvalue weighted by Crippen LogP contribution is 1.93. The number of amides is 1. The number of carbonyl (C=O) groups is 1. The van der Waals surface area contributed by atoms with Crippen LogP contribution in [-0.4, -0.2) is 56.0 Å². The third kappa shape index (κ3) is 4.85. The molecular formula is C9H21N3O. The molecule has 4 nitrogen and oxygen atoms in total. The van der Waals surface area contributed by atoms with Gasteiger partial charge in [0, 0.05) is 20.1 Å². The quantitative estimate of drug-likeness (QED) is 0.645. The molecule has 1 atom stereocenters. The molecule has 0 saturated heterocycles. The fourth-order valence-corrected chi connectivity index (χ4v) is 0.918. The highest BCUT2D eigenvalue weighted by Gasteiger charge is 2.15. The summed E-state index contributed by atoms with van der Waals surface area (Å²) in [6.07, 6.45) is 0.700. The molecule has 2 N–H and O–H groups in total. The van der Waals surface area contributed by atoms with Crippen molar-refractivity contribution in [2.45, 2.75) is 19.4 Å². The van der Waals surface area contributed by atoms with Gasteiger partial charge in [0.2, 0.25) is 5.91 Å². The first-order valence-corrected chi connectivity index (χ1v) is 4.64. The highest BCUT2D eigenvalue weighted by atomic mass is 16.2. The maximum absolute atomic E-state index is 11.5. The number of nitrogens with zero attached hydrogens (tertiary/aromatic N) is 2. The molecule has 0 heterocycles. The highest BCUT2D eigenvalue weighted by molar-refractivity contribution is 5.81. The van der Waals surface area contributed by atoms with Crippen LogP contribution < -0.4 is 5.73 Å². The number of hydrogen-bond acceptors (Lipinski definition) is 3. The van der Waals surface area contributed by atoms with E-state index in [4.69, 9.17) is 5.73 Å². The van der Waals surface area contributed by atoms with E-state index in [0.717, 1.165) is 13.1 Å². The van der Waals surface area contributed by atoms with Crippen molar-refractivity contribution >= 4 is 5.91 Å². The fourth-order valence-electron chi connectivity index (χ4n) is 0.918. The maximum Gasteiger partial charge on any atom is 0.239 e. The summed E-state index contributed by atoms with van der Waals surface area (Å²) in [5, 5.41) is 0. The molecule has 0 radical (unpaired) electrons. The van der Waals surface area contributed by atoms with E-state index in [1.165, 1.54) is 0 Å². The topological polar surface area (TPSA) is 49.6 Å². The predicted molar refractivity (Wildman–Crippen MR) is 54.5 cm³/mol. The summed E-state index contributed by atoms with van der Waals surface area (Å²) in [7, 11) is 5.76. The van der Waals surface area contributed by atoms with Gasteiger partial charge in [-0.15, -0.1) is 0 Å². The van der Waals surface area contributed by atoms with Crippen LogP contribution in [0.15, 0.2) is 0 Å². The summed E-state index contributed by atoms with van der Waals surface area (Å²) in [4.78, 5) is 15.2. The van der Waals surface area contributed by atoms with Gasteiger partial charge in [-0.1, -0.05) is 6.92 Å². The van der Waals surface area contributed by atoms with Crippen molar-refractivity contribution < 1.29 is 4.79 Å². The van der Waals surface area contributed by atoms with Crippen LogP contribution in [0.2, 0.25) is 0 Å². The Morgan fingerprint density at radius 2 is 1.85 bits per heavy atom. The van der Waals surface area contributed by atoms with Crippen LogP contribution in [0.5, 0.6) is 0 Å². The van der Waals surface area contributed by atoms with E-state index in [-0.39, 0.29) is 11.9 Å². The van der Waals surface area contributed by atoms with E-state index < -0.39 is 0 Å². The summed E-state index contributed by atoms with van der Waals surface area (Å²) in [5.74, 6) is 0.0318. The first kappa shape index (κ1) is 12.4. The Morgan fingerprint density at radius 1 is 1.31 bits per heavy atom. The molecule has 0 unspecified atom stereocenters. The predicted octanol–water partition coefficient (Wildman–Crippen LogP) is -0.256. The Labute approximate surface area is 80.7 Å². The van der Waals surface area contributed by atoms with E-state index in [9.17, 15) is 4.79 Å². The molecule has 0 fully saturated rings. The standard InChI is InChI=1S/C9H21N3O/c1-5-8(10)9(13)12(4)7-6-11(2)3/h8H,5-7,10H2,1-4H3/t8-/m0/s1. The molecule has 0 aliphatic rings. The van der Waals surface area contributed by atoms with Crippen LogP contribution in [0, 0.1) is 0 Å². The van der Waals surface area contributed by atoms with Crippen molar-refractivity contribution in [3.63, 3.8) is 0 Å². The first-order chi connectivity index (χ1) is 5.99. The van der Waals surface area contributed by atoms with Gasteiger partial charge in [-0.25, -0.2) is 0 Å². The van der Waals surface area contributed by atoms with E-state index in [0.29, 0.717) is 6.42 Å². The van der Waals surface area contributed by atoms with Crippen molar-refractivity contribution in [1.29, 1.82) is 0 Å². The van der Waals surface area contributed by atoms with Gasteiger partial charge >= 0.3 is 0 Å². The Bertz CT molecular complexity index is 159. The van der Waals surface area contributed by atoms with Crippen molar-refractivity contribution in [1.82, 2.24) is 9.80 Å². The van der Waals surface area contributed by atoms with E-state index in [2.05, 4.69) is 0 Å². The zero-order valence-corrected chi connectivity index (χ0v) is 9.08. The molecule has 0 aliphatic carbocycles. The SMILES string of the molecule is CC[C@H](N)C(=O)N(C)CCN(C)C. The minimum Gasteiger partial charge on any atom is -0.343 e. The zero-order valence-electron chi connectivity index (χ0n) is 9.08. The Morgan fingerprint density at radius 3 is 2.23 bits per heavy atom. The molecule has 0 aromatic heterocycles. The van der Waals surface area contributed by atoms with Gasteiger partial charge in [0.25, 0.3) is 0 Å². The monoisotopic (exact) mass is 187 g/mol. The van der Waals surface area contributed by atoms with Crippen LogP contribution >= 0.6 is 0 Å². The third-order valence-electron chi connectivity index (χ3n) is 2.02. The van der Waals surface area contributed by atoms with Crippen LogP contribution in [0.25, 0.3) is 0 Å². The Balaban J connectivity index is 3.82. The van der Waals surface area contributed by atoms with Crippen molar-refractivity contribution in [2.24, 2.45) is 5.73 Å². The van der Waals surface area contributed by atoms with E-state index >= 15 is 0 Å². The first-order valence-electron chi connectivity index (χ1n) is 4.64. The summed E-state index contributed by atoms with van der Waals surface area (Å²) >= 11 is 0. The maximum atomic E-state index is 11.5.